The highest BCUT2D eigenvalue weighted by molar-refractivity contribution is 5.67. The van der Waals surface area contributed by atoms with Gasteiger partial charge in [-0.15, -0.1) is 0 Å². The molecule has 1 aliphatic heterocycles. The Bertz CT molecular complexity index is 264. The third-order valence-electron chi connectivity index (χ3n) is 2.32. The van der Waals surface area contributed by atoms with E-state index in [9.17, 15) is 0 Å². The molecule has 1 heterocycles. The Hall–Kier alpha value is -1.18. The summed E-state index contributed by atoms with van der Waals surface area (Å²) in [4.78, 5) is 2.33. The summed E-state index contributed by atoms with van der Waals surface area (Å²) in [7, 11) is 0. The fraction of sp³-hybridized carbons (Fsp3) is 0.400. The molecule has 0 aromatic heterocycles. The molecule has 0 amide bonds. The molecule has 0 bridgehead atoms. The first kappa shape index (κ1) is 7.47. The molecule has 2 rings (SSSR count). The van der Waals surface area contributed by atoms with Crippen molar-refractivity contribution < 1.29 is 0 Å². The minimum atomic E-state index is 0.871. The van der Waals surface area contributed by atoms with Crippen molar-refractivity contribution in [3.63, 3.8) is 0 Å². The van der Waals surface area contributed by atoms with Gasteiger partial charge in [0, 0.05) is 13.1 Å². The number of nitrogen functional groups attached to an aromatic ring is 1. The van der Waals surface area contributed by atoms with Crippen LogP contribution in [0.15, 0.2) is 18.2 Å². The van der Waals surface area contributed by atoms with E-state index in [1.165, 1.54) is 12.8 Å². The third-order valence-corrected chi connectivity index (χ3v) is 2.32. The van der Waals surface area contributed by atoms with Crippen molar-refractivity contribution in [1.82, 2.24) is 0 Å². The van der Waals surface area contributed by atoms with Gasteiger partial charge in [-0.05, 0) is 31.0 Å². The number of rotatable bonds is 1. The first-order chi connectivity index (χ1) is 5.88. The first-order valence-corrected chi connectivity index (χ1v) is 4.38. The Morgan fingerprint density at radius 2 is 2.08 bits per heavy atom. The fourth-order valence-electron chi connectivity index (χ4n) is 1.67. The van der Waals surface area contributed by atoms with Gasteiger partial charge in [-0.25, -0.2) is 0 Å². The lowest BCUT2D eigenvalue weighted by atomic mass is 10.2. The quantitative estimate of drug-likeness (QED) is 0.635. The molecule has 0 saturated carbocycles. The molecule has 1 aromatic carbocycles. The molecule has 1 saturated heterocycles. The van der Waals surface area contributed by atoms with Crippen molar-refractivity contribution >= 4 is 11.4 Å². The smallest absolute Gasteiger partial charge is 0.0606 e. The minimum absolute atomic E-state index is 0.871. The van der Waals surface area contributed by atoms with E-state index in [1.807, 2.05) is 18.2 Å². The summed E-state index contributed by atoms with van der Waals surface area (Å²) in [5, 5.41) is 0. The van der Waals surface area contributed by atoms with Gasteiger partial charge >= 0.3 is 0 Å². The van der Waals surface area contributed by atoms with E-state index < -0.39 is 0 Å². The molecular formula is C10H13N2. The lowest BCUT2D eigenvalue weighted by molar-refractivity contribution is 0.949. The first-order valence-electron chi connectivity index (χ1n) is 4.38. The van der Waals surface area contributed by atoms with Crippen LogP contribution in [0.3, 0.4) is 0 Å². The van der Waals surface area contributed by atoms with Gasteiger partial charge in [0.05, 0.1) is 11.4 Å². The summed E-state index contributed by atoms with van der Waals surface area (Å²) in [5.74, 6) is 0. The van der Waals surface area contributed by atoms with Crippen molar-refractivity contribution in [2.45, 2.75) is 12.8 Å². The summed E-state index contributed by atoms with van der Waals surface area (Å²) >= 11 is 0. The second-order valence-electron chi connectivity index (χ2n) is 3.18. The maximum absolute atomic E-state index is 5.84. The fourth-order valence-corrected chi connectivity index (χ4v) is 1.67. The van der Waals surface area contributed by atoms with Gasteiger partial charge < -0.3 is 10.6 Å². The average molecular weight is 161 g/mol. The number of nitrogens with zero attached hydrogens (tertiary/aromatic N) is 1. The second kappa shape index (κ2) is 3.05. The lowest BCUT2D eigenvalue weighted by Gasteiger charge is -2.18. The Morgan fingerprint density at radius 1 is 1.33 bits per heavy atom. The SMILES string of the molecule is Nc1cc[c]cc1N1CCCC1. The Balaban J connectivity index is 2.26. The average Bonchev–Trinajstić information content (AvgIpc) is 2.57. The normalized spacial score (nSPS) is 16.8. The maximum Gasteiger partial charge on any atom is 0.0606 e. The van der Waals surface area contributed by atoms with Gasteiger partial charge in [-0.3, -0.25) is 0 Å². The molecule has 0 spiro atoms. The number of hydrogen-bond donors (Lipinski definition) is 1. The minimum Gasteiger partial charge on any atom is -0.397 e. The number of hydrogen-bond acceptors (Lipinski definition) is 2. The van der Waals surface area contributed by atoms with Crippen LogP contribution in [-0.2, 0) is 0 Å². The zero-order valence-electron chi connectivity index (χ0n) is 7.09. The predicted octanol–water partition coefficient (Wildman–Crippen LogP) is 1.67. The standard InChI is InChI=1S/C10H13N2/c11-9-5-1-2-6-10(9)12-7-3-4-8-12/h1,5-6H,3-4,7-8,11H2. The van der Waals surface area contributed by atoms with E-state index in [0.29, 0.717) is 0 Å². The molecule has 12 heavy (non-hydrogen) atoms. The molecule has 0 atom stereocenters. The Morgan fingerprint density at radius 3 is 2.75 bits per heavy atom. The monoisotopic (exact) mass is 161 g/mol. The van der Waals surface area contributed by atoms with Gasteiger partial charge in [-0.1, -0.05) is 6.07 Å². The lowest BCUT2D eigenvalue weighted by Crippen LogP contribution is -2.18. The van der Waals surface area contributed by atoms with Crippen molar-refractivity contribution in [2.24, 2.45) is 0 Å². The van der Waals surface area contributed by atoms with Crippen LogP contribution in [0, 0.1) is 6.07 Å². The number of benzene rings is 1. The highest BCUT2D eigenvalue weighted by Crippen LogP contribution is 2.25. The summed E-state index contributed by atoms with van der Waals surface area (Å²) in [6.45, 7) is 2.28. The summed E-state index contributed by atoms with van der Waals surface area (Å²) in [6, 6.07) is 8.80. The van der Waals surface area contributed by atoms with Crippen molar-refractivity contribution in [2.75, 3.05) is 23.7 Å². The van der Waals surface area contributed by atoms with E-state index in [4.69, 9.17) is 5.73 Å². The van der Waals surface area contributed by atoms with Crippen LogP contribution in [-0.4, -0.2) is 13.1 Å². The summed E-state index contributed by atoms with van der Waals surface area (Å²) < 4.78 is 0. The topological polar surface area (TPSA) is 29.3 Å². The van der Waals surface area contributed by atoms with Crippen LogP contribution in [0.4, 0.5) is 11.4 Å². The number of nitrogens with two attached hydrogens (primary N) is 1. The molecule has 1 aliphatic rings. The molecule has 1 fully saturated rings. The summed E-state index contributed by atoms with van der Waals surface area (Å²) in [5.41, 5.74) is 7.86. The van der Waals surface area contributed by atoms with Crippen LogP contribution in [0.2, 0.25) is 0 Å². The highest BCUT2D eigenvalue weighted by Gasteiger charge is 2.13. The Kier molecular flexibility index (Phi) is 1.90. The number of anilines is 2. The predicted molar refractivity (Wildman–Crippen MR) is 51.1 cm³/mol. The molecule has 1 radical (unpaired) electrons. The van der Waals surface area contributed by atoms with Gasteiger partial charge in [0.25, 0.3) is 0 Å². The molecule has 2 heteroatoms. The van der Waals surface area contributed by atoms with E-state index >= 15 is 0 Å². The zero-order chi connectivity index (χ0) is 8.39. The maximum atomic E-state index is 5.84. The molecule has 63 valence electrons. The van der Waals surface area contributed by atoms with Crippen LogP contribution < -0.4 is 10.6 Å². The van der Waals surface area contributed by atoms with Gasteiger partial charge in [0.15, 0.2) is 0 Å². The van der Waals surface area contributed by atoms with E-state index in [-0.39, 0.29) is 0 Å². The van der Waals surface area contributed by atoms with E-state index in [1.54, 1.807) is 0 Å². The molecular weight excluding hydrogens is 148 g/mol. The molecule has 1 aromatic rings. The zero-order valence-corrected chi connectivity index (χ0v) is 7.09. The highest BCUT2D eigenvalue weighted by atomic mass is 15.1. The van der Waals surface area contributed by atoms with Gasteiger partial charge in [0.2, 0.25) is 0 Å². The molecule has 0 unspecified atom stereocenters. The van der Waals surface area contributed by atoms with Crippen molar-refractivity contribution in [3.8, 4) is 0 Å². The van der Waals surface area contributed by atoms with Crippen LogP contribution in [0.25, 0.3) is 0 Å². The van der Waals surface area contributed by atoms with Crippen molar-refractivity contribution in [3.05, 3.63) is 24.3 Å². The van der Waals surface area contributed by atoms with Gasteiger partial charge in [0.1, 0.15) is 0 Å². The van der Waals surface area contributed by atoms with Crippen LogP contribution in [0.1, 0.15) is 12.8 Å². The Labute approximate surface area is 73.0 Å². The van der Waals surface area contributed by atoms with Crippen molar-refractivity contribution in [1.29, 1.82) is 0 Å². The van der Waals surface area contributed by atoms with Gasteiger partial charge in [-0.2, -0.15) is 0 Å². The van der Waals surface area contributed by atoms with E-state index in [2.05, 4.69) is 11.0 Å². The second-order valence-corrected chi connectivity index (χ2v) is 3.18. The van der Waals surface area contributed by atoms with E-state index in [0.717, 1.165) is 24.5 Å². The molecule has 2 N–H and O–H groups in total. The summed E-state index contributed by atoms with van der Waals surface area (Å²) in [6.07, 6.45) is 2.57. The third kappa shape index (κ3) is 1.24. The van der Waals surface area contributed by atoms with Crippen LogP contribution in [0.5, 0.6) is 0 Å². The van der Waals surface area contributed by atoms with Crippen LogP contribution >= 0.6 is 0 Å². The largest absolute Gasteiger partial charge is 0.397 e. The molecule has 2 nitrogen and oxygen atoms in total. The molecule has 0 aliphatic carbocycles.